The molecule has 3 rings (SSSR count). The van der Waals surface area contributed by atoms with Crippen molar-refractivity contribution in [1.82, 2.24) is 4.90 Å². The van der Waals surface area contributed by atoms with Gasteiger partial charge in [-0.15, -0.1) is 0 Å². The number of carbonyl (C=O) groups is 2. The summed E-state index contributed by atoms with van der Waals surface area (Å²) in [6.45, 7) is 2.92. The van der Waals surface area contributed by atoms with Crippen LogP contribution in [0.25, 0.3) is 11.1 Å². The Morgan fingerprint density at radius 1 is 0.808 bits per heavy atom. The standard InChI is InChI=1S/C21H24N2O3/c24-20(7-4-8-21(25)26)23-15-13-22(14-16-23)19-11-9-18(10-12-19)17-5-2-1-3-6-17/h1-3,5-6,9-12H,4,7-8,13-16H2,(H,25,26)/p-1. The largest absolute Gasteiger partial charge is 0.550 e. The van der Waals surface area contributed by atoms with Crippen LogP contribution < -0.4 is 10.0 Å². The lowest BCUT2D eigenvalue weighted by Gasteiger charge is -2.36. The zero-order chi connectivity index (χ0) is 18.4. The first kappa shape index (κ1) is 18.0. The predicted octanol–water partition coefficient (Wildman–Crippen LogP) is 1.92. The van der Waals surface area contributed by atoms with Crippen molar-refractivity contribution in [2.45, 2.75) is 19.3 Å². The van der Waals surface area contributed by atoms with Gasteiger partial charge in [0, 0.05) is 44.3 Å². The average Bonchev–Trinajstić information content (AvgIpc) is 2.68. The Balaban J connectivity index is 1.52. The van der Waals surface area contributed by atoms with E-state index in [1.54, 1.807) is 0 Å². The first-order valence-electron chi connectivity index (χ1n) is 9.01. The summed E-state index contributed by atoms with van der Waals surface area (Å²) in [7, 11) is 0. The van der Waals surface area contributed by atoms with Crippen molar-refractivity contribution in [3.63, 3.8) is 0 Å². The minimum atomic E-state index is -1.10. The van der Waals surface area contributed by atoms with E-state index in [1.165, 1.54) is 11.1 Å². The van der Waals surface area contributed by atoms with Crippen LogP contribution in [0.3, 0.4) is 0 Å². The molecule has 0 bridgehead atoms. The van der Waals surface area contributed by atoms with Gasteiger partial charge in [-0.25, -0.2) is 0 Å². The molecule has 1 fully saturated rings. The molecule has 1 heterocycles. The number of amides is 1. The Bertz CT molecular complexity index is 736. The monoisotopic (exact) mass is 351 g/mol. The van der Waals surface area contributed by atoms with E-state index in [-0.39, 0.29) is 18.7 Å². The number of hydrogen-bond donors (Lipinski definition) is 0. The minimum Gasteiger partial charge on any atom is -0.550 e. The number of hydrogen-bond acceptors (Lipinski definition) is 4. The maximum atomic E-state index is 12.1. The van der Waals surface area contributed by atoms with E-state index < -0.39 is 5.97 Å². The van der Waals surface area contributed by atoms with Crippen LogP contribution in [0, 0.1) is 0 Å². The third-order valence-electron chi connectivity index (χ3n) is 4.74. The van der Waals surface area contributed by atoms with Crippen LogP contribution in [0.15, 0.2) is 54.6 Å². The van der Waals surface area contributed by atoms with Crippen LogP contribution >= 0.6 is 0 Å². The summed E-state index contributed by atoms with van der Waals surface area (Å²) < 4.78 is 0. The van der Waals surface area contributed by atoms with Crippen LogP contribution in [0.2, 0.25) is 0 Å². The second kappa shape index (κ2) is 8.52. The highest BCUT2D eigenvalue weighted by atomic mass is 16.4. The van der Waals surface area contributed by atoms with Gasteiger partial charge in [0.15, 0.2) is 0 Å². The molecule has 5 nitrogen and oxygen atoms in total. The molecule has 2 aromatic rings. The van der Waals surface area contributed by atoms with E-state index in [9.17, 15) is 14.7 Å². The lowest BCUT2D eigenvalue weighted by atomic mass is 10.1. The summed E-state index contributed by atoms with van der Waals surface area (Å²) in [5, 5.41) is 10.4. The molecule has 1 saturated heterocycles. The second-order valence-electron chi connectivity index (χ2n) is 6.51. The Morgan fingerprint density at radius 2 is 1.42 bits per heavy atom. The molecular formula is C21H23N2O3-. The lowest BCUT2D eigenvalue weighted by molar-refractivity contribution is -0.305. The SMILES string of the molecule is O=C([O-])CCCC(=O)N1CCN(c2ccc(-c3ccccc3)cc2)CC1. The van der Waals surface area contributed by atoms with Crippen molar-refractivity contribution in [2.24, 2.45) is 0 Å². The van der Waals surface area contributed by atoms with Gasteiger partial charge in [-0.1, -0.05) is 42.5 Å². The summed E-state index contributed by atoms with van der Waals surface area (Å²) in [6.07, 6.45) is 0.571. The van der Waals surface area contributed by atoms with Gasteiger partial charge in [0.25, 0.3) is 0 Å². The highest BCUT2D eigenvalue weighted by Crippen LogP contribution is 2.23. The van der Waals surface area contributed by atoms with Crippen LogP contribution in [-0.4, -0.2) is 43.0 Å². The van der Waals surface area contributed by atoms with Gasteiger partial charge in [-0.3, -0.25) is 4.79 Å². The lowest BCUT2D eigenvalue weighted by Crippen LogP contribution is -2.48. The topological polar surface area (TPSA) is 63.7 Å². The summed E-state index contributed by atoms with van der Waals surface area (Å²) in [6, 6.07) is 18.8. The van der Waals surface area contributed by atoms with E-state index in [1.807, 2.05) is 23.1 Å². The van der Waals surface area contributed by atoms with Crippen molar-refractivity contribution in [3.05, 3.63) is 54.6 Å². The van der Waals surface area contributed by atoms with Gasteiger partial charge < -0.3 is 19.7 Å². The molecule has 136 valence electrons. The number of nitrogens with zero attached hydrogens (tertiary/aromatic N) is 2. The molecule has 1 aliphatic heterocycles. The molecule has 1 aliphatic rings. The number of piperazine rings is 1. The van der Waals surface area contributed by atoms with Gasteiger partial charge in [0.1, 0.15) is 0 Å². The fourth-order valence-electron chi connectivity index (χ4n) is 3.25. The highest BCUT2D eigenvalue weighted by Gasteiger charge is 2.20. The maximum Gasteiger partial charge on any atom is 0.222 e. The van der Waals surface area contributed by atoms with Crippen molar-refractivity contribution < 1.29 is 14.7 Å². The quantitative estimate of drug-likeness (QED) is 0.798. The van der Waals surface area contributed by atoms with E-state index in [2.05, 4.69) is 41.3 Å². The summed E-state index contributed by atoms with van der Waals surface area (Å²) >= 11 is 0. The molecular weight excluding hydrogens is 328 g/mol. The molecule has 0 atom stereocenters. The number of carbonyl (C=O) groups excluding carboxylic acids is 2. The summed E-state index contributed by atoms with van der Waals surface area (Å²) in [5.41, 5.74) is 3.55. The molecule has 5 heteroatoms. The highest BCUT2D eigenvalue weighted by molar-refractivity contribution is 5.77. The Hall–Kier alpha value is -2.82. The van der Waals surface area contributed by atoms with Gasteiger partial charge in [-0.05, 0) is 36.1 Å². The Kier molecular flexibility index (Phi) is 5.89. The molecule has 2 aromatic carbocycles. The minimum absolute atomic E-state index is 0.0327. The molecule has 0 aromatic heterocycles. The second-order valence-corrected chi connectivity index (χ2v) is 6.51. The Labute approximate surface area is 153 Å². The first-order chi connectivity index (χ1) is 12.6. The molecule has 26 heavy (non-hydrogen) atoms. The summed E-state index contributed by atoms with van der Waals surface area (Å²) in [4.78, 5) is 26.6. The average molecular weight is 351 g/mol. The van der Waals surface area contributed by atoms with Crippen molar-refractivity contribution in [2.75, 3.05) is 31.1 Å². The van der Waals surface area contributed by atoms with Crippen molar-refractivity contribution in [1.29, 1.82) is 0 Å². The van der Waals surface area contributed by atoms with Crippen molar-refractivity contribution >= 4 is 17.6 Å². The number of aliphatic carboxylic acids is 1. The zero-order valence-electron chi connectivity index (χ0n) is 14.8. The van der Waals surface area contributed by atoms with E-state index in [4.69, 9.17) is 0 Å². The number of rotatable bonds is 6. The van der Waals surface area contributed by atoms with E-state index in [0.29, 0.717) is 19.5 Å². The van der Waals surface area contributed by atoms with Crippen LogP contribution in [0.1, 0.15) is 19.3 Å². The normalized spacial score (nSPS) is 14.3. The van der Waals surface area contributed by atoms with Crippen molar-refractivity contribution in [3.8, 4) is 11.1 Å². The van der Waals surface area contributed by atoms with Gasteiger partial charge in [0.05, 0.1) is 0 Å². The first-order valence-corrected chi connectivity index (χ1v) is 9.01. The number of benzene rings is 2. The zero-order valence-corrected chi connectivity index (χ0v) is 14.8. The third-order valence-corrected chi connectivity index (χ3v) is 4.74. The smallest absolute Gasteiger partial charge is 0.222 e. The van der Waals surface area contributed by atoms with Crippen LogP contribution in [0.5, 0.6) is 0 Å². The predicted molar refractivity (Wildman–Crippen MR) is 99.5 cm³/mol. The number of carboxylic acid groups (broad SMARTS) is 1. The molecule has 0 radical (unpaired) electrons. The van der Waals surface area contributed by atoms with Gasteiger partial charge in [0.2, 0.25) is 5.91 Å². The number of anilines is 1. The molecule has 0 N–H and O–H groups in total. The molecule has 0 spiro atoms. The van der Waals surface area contributed by atoms with E-state index in [0.717, 1.165) is 18.8 Å². The fraction of sp³-hybridized carbons (Fsp3) is 0.333. The molecule has 1 amide bonds. The Morgan fingerprint density at radius 3 is 2.04 bits per heavy atom. The van der Waals surface area contributed by atoms with Gasteiger partial charge in [-0.2, -0.15) is 0 Å². The van der Waals surface area contributed by atoms with Gasteiger partial charge >= 0.3 is 0 Å². The molecule has 0 unspecified atom stereocenters. The van der Waals surface area contributed by atoms with Crippen LogP contribution in [-0.2, 0) is 9.59 Å². The summed E-state index contributed by atoms with van der Waals surface area (Å²) in [5.74, 6) is -1.06. The van der Waals surface area contributed by atoms with E-state index >= 15 is 0 Å². The van der Waals surface area contributed by atoms with Crippen LogP contribution in [0.4, 0.5) is 5.69 Å². The number of carboxylic acids is 1. The fourth-order valence-corrected chi connectivity index (χ4v) is 3.25. The maximum absolute atomic E-state index is 12.1. The molecule has 0 saturated carbocycles. The molecule has 0 aliphatic carbocycles. The third kappa shape index (κ3) is 4.63.